The van der Waals surface area contributed by atoms with Crippen LogP contribution in [-0.4, -0.2) is 95.5 Å². The highest BCUT2D eigenvalue weighted by molar-refractivity contribution is 5.96. The Morgan fingerprint density at radius 3 is 2.17 bits per heavy atom. The van der Waals surface area contributed by atoms with Crippen molar-refractivity contribution in [1.82, 2.24) is 15.1 Å². The van der Waals surface area contributed by atoms with Gasteiger partial charge in [0.2, 0.25) is 11.8 Å². The minimum Gasteiger partial charge on any atom is -0.481 e. The number of carboxylic acid groups (broad SMARTS) is 1. The van der Waals surface area contributed by atoms with Crippen molar-refractivity contribution in [3.8, 4) is 0 Å². The Morgan fingerprint density at radius 1 is 1.12 bits per heavy atom. The van der Waals surface area contributed by atoms with Crippen LogP contribution in [0.15, 0.2) is 35.3 Å². The topological polar surface area (TPSA) is 129 Å². The Labute approximate surface area is 231 Å². The van der Waals surface area contributed by atoms with Gasteiger partial charge in [-0.05, 0) is 31.2 Å². The molecule has 0 radical (unpaired) electrons. The van der Waals surface area contributed by atoms with E-state index in [4.69, 9.17) is 0 Å². The zero-order chi connectivity index (χ0) is 30.3. The van der Waals surface area contributed by atoms with E-state index in [1.54, 1.807) is 44.2 Å². The number of hydrogen-bond donors (Lipinski definition) is 2. The summed E-state index contributed by atoms with van der Waals surface area (Å²) in [5.74, 6) is -5.71. The standard InChI is InChI=1S/C27H37F3N4O6/c1-17(2)21(22(37)31-19(15-20(35)36)23(38)34-13-9-10-14-34)33(4)25(39)26(3,16-18-11-7-6-8-12-18)32-24(40-5)27(28,29)30/h6-8,11-12,17,19,21H,9-10,13-16H2,1-5H3,(H,31,37)(H,35,36)/b32-24-/t19-,21?,26-/m0/s1. The molecular formula is C27H37F3N4O6. The molecule has 3 amide bonds. The fourth-order valence-electron chi connectivity index (χ4n) is 4.83. The van der Waals surface area contributed by atoms with Crippen LogP contribution in [0.1, 0.15) is 45.6 Å². The summed E-state index contributed by atoms with van der Waals surface area (Å²) in [5.41, 5.74) is -1.51. The summed E-state index contributed by atoms with van der Waals surface area (Å²) >= 11 is 0. The van der Waals surface area contributed by atoms with E-state index in [0.29, 0.717) is 18.7 Å². The van der Waals surface area contributed by atoms with Gasteiger partial charge >= 0.3 is 12.1 Å². The Kier molecular flexibility index (Phi) is 11.1. The summed E-state index contributed by atoms with van der Waals surface area (Å²) in [7, 11) is 2.06. The van der Waals surface area contributed by atoms with E-state index < -0.39 is 65.7 Å². The molecule has 2 N–H and O–H groups in total. The number of rotatable bonds is 11. The molecule has 3 atom stereocenters. The van der Waals surface area contributed by atoms with Crippen LogP contribution in [0.4, 0.5) is 13.2 Å². The number of methoxy groups -OCH3 is 1. The van der Waals surface area contributed by atoms with E-state index in [-0.39, 0.29) is 6.42 Å². The normalized spacial score (nSPS) is 17.1. The van der Waals surface area contributed by atoms with Crippen LogP contribution in [0.2, 0.25) is 0 Å². The highest BCUT2D eigenvalue weighted by Gasteiger charge is 2.46. The molecule has 1 heterocycles. The Morgan fingerprint density at radius 2 is 1.70 bits per heavy atom. The van der Waals surface area contributed by atoms with Crippen molar-refractivity contribution in [2.24, 2.45) is 10.9 Å². The predicted molar refractivity (Wildman–Crippen MR) is 140 cm³/mol. The lowest BCUT2D eigenvalue weighted by Crippen LogP contribution is -2.59. The van der Waals surface area contributed by atoms with Gasteiger partial charge in [-0.2, -0.15) is 13.2 Å². The number of carbonyl (C=O) groups excluding carboxylic acids is 3. The largest absolute Gasteiger partial charge is 0.481 e. The number of hydrogen-bond acceptors (Lipinski definition) is 6. The minimum absolute atomic E-state index is 0.235. The van der Waals surface area contributed by atoms with E-state index in [0.717, 1.165) is 24.9 Å². The molecule has 1 saturated heterocycles. The van der Waals surface area contributed by atoms with Crippen LogP contribution in [-0.2, 0) is 30.3 Å². The lowest BCUT2D eigenvalue weighted by Gasteiger charge is -2.37. The molecule has 0 bridgehead atoms. The number of nitrogens with one attached hydrogen (secondary N) is 1. The SMILES string of the molecule is CO/C(=N\[C@@](C)(Cc1ccccc1)C(=O)N(C)C(C(=O)N[C@@H](CC(=O)O)C(=O)N1CCCC1)C(C)C)C(F)(F)F. The lowest BCUT2D eigenvalue weighted by molar-refractivity contribution is -0.147. The third kappa shape index (κ3) is 8.43. The first-order chi connectivity index (χ1) is 18.6. The monoisotopic (exact) mass is 570 g/mol. The molecule has 10 nitrogen and oxygen atoms in total. The molecule has 1 aliphatic rings. The van der Waals surface area contributed by atoms with Crippen molar-refractivity contribution in [2.75, 3.05) is 27.2 Å². The maximum atomic E-state index is 13.9. The average Bonchev–Trinajstić information content (AvgIpc) is 3.40. The van der Waals surface area contributed by atoms with Crippen LogP contribution in [0.3, 0.4) is 0 Å². The first-order valence-electron chi connectivity index (χ1n) is 12.9. The van der Waals surface area contributed by atoms with Gasteiger partial charge in [0, 0.05) is 26.6 Å². The molecular weight excluding hydrogens is 533 g/mol. The summed E-state index contributed by atoms with van der Waals surface area (Å²) in [6, 6.07) is 5.69. The van der Waals surface area contributed by atoms with Gasteiger partial charge < -0.3 is 25.0 Å². The number of likely N-dealkylation sites (N-methyl/N-ethyl adjacent to an activating group) is 1. The number of aliphatic imine (C=N–C) groups is 1. The number of carbonyl (C=O) groups is 4. The van der Waals surface area contributed by atoms with Gasteiger partial charge in [0.15, 0.2) is 0 Å². The van der Waals surface area contributed by atoms with Gasteiger partial charge in [0.25, 0.3) is 11.8 Å². The van der Waals surface area contributed by atoms with Crippen LogP contribution < -0.4 is 5.32 Å². The van der Waals surface area contributed by atoms with Crippen molar-refractivity contribution < 1.29 is 42.2 Å². The van der Waals surface area contributed by atoms with Crippen LogP contribution in [0, 0.1) is 5.92 Å². The highest BCUT2D eigenvalue weighted by atomic mass is 19.4. The molecule has 1 aliphatic heterocycles. The van der Waals surface area contributed by atoms with Gasteiger partial charge in [0.1, 0.15) is 17.6 Å². The minimum atomic E-state index is -4.97. The number of likely N-dealkylation sites (tertiary alicyclic amines) is 1. The van der Waals surface area contributed by atoms with Crippen molar-refractivity contribution in [3.63, 3.8) is 0 Å². The molecule has 0 aromatic heterocycles. The van der Waals surface area contributed by atoms with E-state index in [9.17, 15) is 37.5 Å². The second-order valence-electron chi connectivity index (χ2n) is 10.4. The smallest absolute Gasteiger partial charge is 0.468 e. The number of benzene rings is 1. The molecule has 1 aromatic carbocycles. The summed E-state index contributed by atoms with van der Waals surface area (Å²) in [4.78, 5) is 57.9. The fourth-order valence-corrected chi connectivity index (χ4v) is 4.83. The van der Waals surface area contributed by atoms with Crippen molar-refractivity contribution >= 4 is 29.6 Å². The van der Waals surface area contributed by atoms with E-state index in [2.05, 4.69) is 15.0 Å². The molecule has 0 aliphatic carbocycles. The first kappa shape index (κ1) is 32.6. The van der Waals surface area contributed by atoms with Gasteiger partial charge in [-0.15, -0.1) is 0 Å². The van der Waals surface area contributed by atoms with Crippen LogP contribution in [0.25, 0.3) is 0 Å². The predicted octanol–water partition coefficient (Wildman–Crippen LogP) is 2.66. The van der Waals surface area contributed by atoms with Crippen molar-refractivity contribution in [2.45, 2.75) is 70.3 Å². The molecule has 1 unspecified atom stereocenters. The quantitative estimate of drug-likeness (QED) is 0.311. The van der Waals surface area contributed by atoms with E-state index in [1.807, 2.05) is 0 Å². The zero-order valence-electron chi connectivity index (χ0n) is 23.3. The molecule has 0 spiro atoms. The van der Waals surface area contributed by atoms with Crippen LogP contribution >= 0.6 is 0 Å². The maximum Gasteiger partial charge on any atom is 0.468 e. The van der Waals surface area contributed by atoms with Crippen LogP contribution in [0.5, 0.6) is 0 Å². The maximum absolute atomic E-state index is 13.9. The number of nitrogens with zero attached hydrogens (tertiary/aromatic N) is 3. The zero-order valence-corrected chi connectivity index (χ0v) is 23.3. The molecule has 13 heteroatoms. The number of carboxylic acids is 1. The van der Waals surface area contributed by atoms with Crippen molar-refractivity contribution in [3.05, 3.63) is 35.9 Å². The van der Waals surface area contributed by atoms with Gasteiger partial charge in [0.05, 0.1) is 13.5 Å². The Hall–Kier alpha value is -3.64. The summed E-state index contributed by atoms with van der Waals surface area (Å²) in [6.07, 6.45) is -4.36. The second kappa shape index (κ2) is 13.6. The average molecular weight is 571 g/mol. The lowest BCUT2D eigenvalue weighted by atomic mass is 9.90. The third-order valence-corrected chi connectivity index (χ3v) is 6.68. The van der Waals surface area contributed by atoms with E-state index in [1.165, 1.54) is 18.9 Å². The van der Waals surface area contributed by atoms with Gasteiger partial charge in [-0.1, -0.05) is 44.2 Å². The first-order valence-corrected chi connectivity index (χ1v) is 12.9. The van der Waals surface area contributed by atoms with Gasteiger partial charge in [-0.3, -0.25) is 19.2 Å². The number of amides is 3. The van der Waals surface area contributed by atoms with E-state index >= 15 is 0 Å². The summed E-state index contributed by atoms with van der Waals surface area (Å²) < 4.78 is 45.3. The fraction of sp³-hybridized carbons (Fsp3) is 0.593. The Bertz CT molecular complexity index is 1090. The highest BCUT2D eigenvalue weighted by Crippen LogP contribution is 2.27. The Balaban J connectivity index is 2.44. The second-order valence-corrected chi connectivity index (χ2v) is 10.4. The summed E-state index contributed by atoms with van der Waals surface area (Å²) in [5, 5.41) is 11.8. The third-order valence-electron chi connectivity index (χ3n) is 6.68. The van der Waals surface area contributed by atoms with Gasteiger partial charge in [-0.25, -0.2) is 4.99 Å². The number of ether oxygens (including phenoxy) is 1. The molecule has 222 valence electrons. The number of alkyl halides is 3. The molecule has 2 rings (SSSR count). The molecule has 1 fully saturated rings. The molecule has 1 aromatic rings. The van der Waals surface area contributed by atoms with Crippen molar-refractivity contribution in [1.29, 1.82) is 0 Å². The molecule has 40 heavy (non-hydrogen) atoms. The number of aliphatic carboxylic acids is 1. The number of halogens is 3. The molecule has 0 saturated carbocycles. The summed E-state index contributed by atoms with van der Waals surface area (Å²) in [6.45, 7) is 5.34.